The van der Waals surface area contributed by atoms with Crippen LogP contribution in [0.5, 0.6) is 23.0 Å². The molecule has 0 spiro atoms. The van der Waals surface area contributed by atoms with E-state index in [1.54, 1.807) is 0 Å². The van der Waals surface area contributed by atoms with Crippen molar-refractivity contribution in [2.24, 2.45) is 0 Å². The van der Waals surface area contributed by atoms with E-state index in [0.29, 0.717) is 0 Å². The fraction of sp³-hybridized carbons (Fsp3) is 0.433. The number of aliphatic carboxylic acids is 1. The number of aromatic hydroxyl groups is 2. The third-order valence-corrected chi connectivity index (χ3v) is 7.65. The topological polar surface area (TPSA) is 294 Å². The molecule has 0 unspecified atom stereocenters. The lowest BCUT2D eigenvalue weighted by molar-refractivity contribution is -0.278. The van der Waals surface area contributed by atoms with Crippen LogP contribution in [0.25, 0.3) is 22.3 Å². The molecular formula is C30H33O18+. The molecule has 2 fully saturated rings. The number of carboxylic acid groups (broad SMARTS) is 1. The number of hydrogen-bond acceptors (Lipinski definition) is 16. The maximum Gasteiger partial charge on any atom is 0.402 e. The van der Waals surface area contributed by atoms with Crippen molar-refractivity contribution in [2.75, 3.05) is 13.2 Å². The van der Waals surface area contributed by atoms with Crippen LogP contribution >= 0.6 is 0 Å². The Morgan fingerprint density at radius 1 is 0.771 bits per heavy atom. The molecule has 1 aromatic heterocycles. The summed E-state index contributed by atoms with van der Waals surface area (Å²) >= 11 is 0. The predicted molar refractivity (Wildman–Crippen MR) is 154 cm³/mol. The average molecular weight is 682 g/mol. The van der Waals surface area contributed by atoms with Gasteiger partial charge in [-0.05, 0) is 24.3 Å². The number of hydrogen-bond donors (Lipinski definition) is 10. The number of phenolic OH excluding ortho intramolecular Hbond substituents is 2. The number of carbonyl (C=O) groups excluding carboxylic acids is 1. The Hall–Kier alpha value is -4.37. The largest absolute Gasteiger partial charge is 0.508 e. The highest BCUT2D eigenvalue weighted by atomic mass is 16.7. The van der Waals surface area contributed by atoms with Gasteiger partial charge in [-0.25, -0.2) is 4.42 Å². The highest BCUT2D eigenvalue weighted by molar-refractivity contribution is 5.90. The third-order valence-electron chi connectivity index (χ3n) is 7.65. The predicted octanol–water partition coefficient (Wildman–Crippen LogP) is -1.82. The SMILES string of the molecule is O=C(O)CC(=O)OC[C@H]1O[C@@H](Oc2cc3c(O)cc(O[C@@H]4O[C@@H](CO)[C@@H](O)[C@H](O)[C@H]4O)cc3[o+]c2-c2ccc(O)cc2)[C@H](O)[C@@H](O)[C@@H]1O. The smallest absolute Gasteiger partial charge is 0.402 e. The van der Waals surface area contributed by atoms with E-state index in [2.05, 4.69) is 0 Å². The normalized spacial score (nSPS) is 30.5. The van der Waals surface area contributed by atoms with E-state index >= 15 is 0 Å². The van der Waals surface area contributed by atoms with Crippen molar-refractivity contribution in [1.29, 1.82) is 0 Å². The molecule has 18 heteroatoms. The van der Waals surface area contributed by atoms with Crippen LogP contribution in [0.1, 0.15) is 6.42 Å². The van der Waals surface area contributed by atoms with Crippen LogP contribution in [-0.2, 0) is 23.8 Å². The summed E-state index contributed by atoms with van der Waals surface area (Å²) in [6, 6.07) is 9.15. The molecule has 0 aliphatic carbocycles. The molecule has 3 heterocycles. The molecule has 2 saturated heterocycles. The number of aliphatic hydroxyl groups excluding tert-OH is 7. The minimum Gasteiger partial charge on any atom is -0.508 e. The first-order valence-electron chi connectivity index (χ1n) is 14.4. The van der Waals surface area contributed by atoms with Gasteiger partial charge in [0, 0.05) is 12.1 Å². The highest BCUT2D eigenvalue weighted by Crippen LogP contribution is 2.41. The first kappa shape index (κ1) is 35.0. The number of rotatable bonds is 10. The van der Waals surface area contributed by atoms with Gasteiger partial charge in [0.1, 0.15) is 84.5 Å². The maximum absolute atomic E-state index is 11.7. The molecule has 10 N–H and O–H groups in total. The van der Waals surface area contributed by atoms with Gasteiger partial charge in [-0.2, -0.15) is 0 Å². The molecule has 48 heavy (non-hydrogen) atoms. The van der Waals surface area contributed by atoms with Gasteiger partial charge in [0.05, 0.1) is 18.2 Å². The maximum atomic E-state index is 11.7. The standard InChI is InChI=1S/C30H32O18/c31-9-18-22(37)24(39)26(41)29(47-18)44-13-5-15(33)14-7-17(28(45-16(14)6-13)11-1-3-12(32)4-2-11)46-30-27(42)25(40)23(38)19(48-30)10-43-21(36)8-20(34)35/h1-7,18-19,22-27,29-31,37-42H,8-10H2,(H2-,32,33,34,35)/p+1/t18-,19+,22+,23+,24-,25-,26+,27+,29+,30+/m0/s1. The number of carboxylic acids is 1. The van der Waals surface area contributed by atoms with Crippen LogP contribution in [0.15, 0.2) is 46.9 Å². The van der Waals surface area contributed by atoms with Crippen LogP contribution < -0.4 is 9.47 Å². The van der Waals surface area contributed by atoms with Crippen molar-refractivity contribution < 1.29 is 88.8 Å². The van der Waals surface area contributed by atoms with Gasteiger partial charge in [0.2, 0.25) is 18.3 Å². The number of phenols is 2. The lowest BCUT2D eigenvalue weighted by atomic mass is 9.99. The molecule has 18 nitrogen and oxygen atoms in total. The van der Waals surface area contributed by atoms with E-state index in [1.165, 1.54) is 36.4 Å². The minimum atomic E-state index is -1.88. The summed E-state index contributed by atoms with van der Waals surface area (Å²) in [5.74, 6) is -3.58. The number of esters is 1. The van der Waals surface area contributed by atoms with Crippen molar-refractivity contribution in [3.8, 4) is 34.3 Å². The van der Waals surface area contributed by atoms with E-state index in [0.717, 1.165) is 6.07 Å². The van der Waals surface area contributed by atoms with Crippen molar-refractivity contribution in [3.63, 3.8) is 0 Å². The van der Waals surface area contributed by atoms with Crippen LogP contribution in [0.2, 0.25) is 0 Å². The number of carbonyl (C=O) groups is 2. The molecule has 0 bridgehead atoms. The van der Waals surface area contributed by atoms with Gasteiger partial charge < -0.3 is 74.7 Å². The molecule has 2 aliphatic heterocycles. The fourth-order valence-electron chi connectivity index (χ4n) is 5.07. The number of benzene rings is 2. The Morgan fingerprint density at radius 3 is 2.00 bits per heavy atom. The highest BCUT2D eigenvalue weighted by Gasteiger charge is 2.47. The Bertz CT molecular complexity index is 1610. The van der Waals surface area contributed by atoms with Gasteiger partial charge in [-0.15, -0.1) is 0 Å². The summed E-state index contributed by atoms with van der Waals surface area (Å²) in [5.41, 5.74) is 0.239. The number of ether oxygens (including phenoxy) is 5. The van der Waals surface area contributed by atoms with Gasteiger partial charge >= 0.3 is 23.3 Å². The van der Waals surface area contributed by atoms with Crippen LogP contribution in [0.3, 0.4) is 0 Å². The lowest BCUT2D eigenvalue weighted by Gasteiger charge is -2.39. The molecule has 2 aromatic carbocycles. The van der Waals surface area contributed by atoms with Crippen LogP contribution in [-0.4, -0.2) is 138 Å². The monoisotopic (exact) mass is 681 g/mol. The van der Waals surface area contributed by atoms with Crippen molar-refractivity contribution in [1.82, 2.24) is 0 Å². The summed E-state index contributed by atoms with van der Waals surface area (Å²) in [5, 5.41) is 101. The minimum absolute atomic E-state index is 0.00119. The van der Waals surface area contributed by atoms with Crippen molar-refractivity contribution >= 4 is 22.9 Å². The van der Waals surface area contributed by atoms with E-state index in [-0.39, 0.29) is 39.5 Å². The second kappa shape index (κ2) is 14.4. The Balaban J connectivity index is 1.47. The quantitative estimate of drug-likeness (QED) is 0.0640. The van der Waals surface area contributed by atoms with Crippen molar-refractivity contribution in [3.05, 3.63) is 42.5 Å². The average Bonchev–Trinajstić information content (AvgIpc) is 3.04. The molecule has 0 amide bonds. The summed E-state index contributed by atoms with van der Waals surface area (Å²) in [6.45, 7) is -1.41. The van der Waals surface area contributed by atoms with Gasteiger partial charge in [0.25, 0.3) is 0 Å². The van der Waals surface area contributed by atoms with E-state index in [9.17, 15) is 55.5 Å². The molecule has 10 atom stereocenters. The molecule has 0 radical (unpaired) electrons. The summed E-state index contributed by atoms with van der Waals surface area (Å²) in [6.07, 6.45) is -17.7. The molecule has 260 valence electrons. The van der Waals surface area contributed by atoms with Crippen molar-refractivity contribution in [2.45, 2.75) is 67.8 Å². The summed E-state index contributed by atoms with van der Waals surface area (Å²) in [7, 11) is 0. The third kappa shape index (κ3) is 7.36. The second-order valence-electron chi connectivity index (χ2n) is 11.0. The molecular weight excluding hydrogens is 648 g/mol. The van der Waals surface area contributed by atoms with Gasteiger partial charge in [0.15, 0.2) is 0 Å². The Kier molecular flexibility index (Phi) is 10.5. The molecule has 3 aromatic rings. The second-order valence-corrected chi connectivity index (χ2v) is 11.0. The fourth-order valence-corrected chi connectivity index (χ4v) is 5.07. The molecule has 5 rings (SSSR count). The first-order valence-corrected chi connectivity index (χ1v) is 14.4. The lowest BCUT2D eigenvalue weighted by Crippen LogP contribution is -2.60. The molecule has 0 saturated carbocycles. The molecule has 2 aliphatic rings. The Morgan fingerprint density at radius 2 is 1.38 bits per heavy atom. The van der Waals surface area contributed by atoms with Crippen LogP contribution in [0, 0.1) is 0 Å². The number of fused-ring (bicyclic) bond motifs is 1. The van der Waals surface area contributed by atoms with Crippen LogP contribution in [0.4, 0.5) is 0 Å². The van der Waals surface area contributed by atoms with E-state index in [4.69, 9.17) is 33.2 Å². The zero-order valence-electron chi connectivity index (χ0n) is 24.7. The zero-order chi connectivity index (χ0) is 34.9. The van der Waals surface area contributed by atoms with E-state index < -0.39 is 98.7 Å². The summed E-state index contributed by atoms with van der Waals surface area (Å²) < 4.78 is 33.3. The first-order chi connectivity index (χ1) is 22.8. The zero-order valence-corrected chi connectivity index (χ0v) is 24.7. The summed E-state index contributed by atoms with van der Waals surface area (Å²) in [4.78, 5) is 22.5. The van der Waals surface area contributed by atoms with E-state index in [1.807, 2.05) is 0 Å². The van der Waals surface area contributed by atoms with Gasteiger partial charge in [-0.3, -0.25) is 9.59 Å². The Labute approximate surface area is 269 Å². The number of aliphatic hydroxyl groups is 7. The van der Waals surface area contributed by atoms with Gasteiger partial charge in [-0.1, -0.05) is 0 Å².